The third-order valence-corrected chi connectivity index (χ3v) is 4.45. The highest BCUT2D eigenvalue weighted by Gasteiger charge is 2.44. The number of carbonyl (C=O) groups excluding carboxylic acids is 1. The SMILES string of the molecule is Cc1ccc2c(c1)C(C)(C)C(=O)N2c1ccc(C#N)c(Cl)c1. The number of hydrogen-bond donors (Lipinski definition) is 0. The molecular formula is C18H15ClN2O. The van der Waals surface area contributed by atoms with E-state index >= 15 is 0 Å². The summed E-state index contributed by atoms with van der Waals surface area (Å²) in [5.74, 6) is 0.00822. The van der Waals surface area contributed by atoms with Crippen molar-refractivity contribution in [1.29, 1.82) is 5.26 Å². The Morgan fingerprint density at radius 3 is 2.55 bits per heavy atom. The highest BCUT2D eigenvalue weighted by atomic mass is 35.5. The quantitative estimate of drug-likeness (QED) is 0.779. The Morgan fingerprint density at radius 2 is 1.91 bits per heavy atom. The molecule has 1 aliphatic rings. The fraction of sp³-hybridized carbons (Fsp3) is 0.222. The molecule has 4 heteroatoms. The van der Waals surface area contributed by atoms with Crippen LogP contribution >= 0.6 is 11.6 Å². The van der Waals surface area contributed by atoms with Crippen LogP contribution in [0.15, 0.2) is 36.4 Å². The van der Waals surface area contributed by atoms with Crippen molar-refractivity contribution in [2.45, 2.75) is 26.2 Å². The molecule has 0 radical (unpaired) electrons. The molecule has 0 fully saturated rings. The van der Waals surface area contributed by atoms with Crippen LogP contribution in [0.1, 0.15) is 30.5 Å². The Balaban J connectivity index is 2.19. The van der Waals surface area contributed by atoms with Crippen molar-refractivity contribution in [1.82, 2.24) is 0 Å². The second-order valence-corrected chi connectivity index (χ2v) is 6.47. The van der Waals surface area contributed by atoms with E-state index in [9.17, 15) is 4.79 Å². The maximum absolute atomic E-state index is 12.9. The average Bonchev–Trinajstić information content (AvgIpc) is 2.67. The number of rotatable bonds is 1. The van der Waals surface area contributed by atoms with E-state index in [1.165, 1.54) is 0 Å². The van der Waals surface area contributed by atoms with Gasteiger partial charge in [-0.1, -0.05) is 29.3 Å². The Morgan fingerprint density at radius 1 is 1.18 bits per heavy atom. The number of aryl methyl sites for hydroxylation is 1. The second kappa shape index (κ2) is 4.86. The zero-order chi connectivity index (χ0) is 16.1. The van der Waals surface area contributed by atoms with E-state index in [-0.39, 0.29) is 5.91 Å². The number of carbonyl (C=O) groups is 1. The third kappa shape index (κ3) is 2.00. The van der Waals surface area contributed by atoms with Crippen molar-refractivity contribution >= 4 is 28.9 Å². The van der Waals surface area contributed by atoms with Crippen LogP contribution in [0.2, 0.25) is 5.02 Å². The molecular weight excluding hydrogens is 296 g/mol. The molecule has 0 N–H and O–H groups in total. The number of fused-ring (bicyclic) bond motifs is 1. The monoisotopic (exact) mass is 310 g/mol. The van der Waals surface area contributed by atoms with Gasteiger partial charge in [-0.15, -0.1) is 0 Å². The predicted molar refractivity (Wildman–Crippen MR) is 87.5 cm³/mol. The maximum Gasteiger partial charge on any atom is 0.241 e. The van der Waals surface area contributed by atoms with E-state index in [2.05, 4.69) is 6.07 Å². The Labute approximate surface area is 134 Å². The van der Waals surface area contributed by atoms with Gasteiger partial charge in [0.1, 0.15) is 6.07 Å². The van der Waals surface area contributed by atoms with Crippen LogP contribution in [0.25, 0.3) is 0 Å². The van der Waals surface area contributed by atoms with Gasteiger partial charge >= 0.3 is 0 Å². The zero-order valence-corrected chi connectivity index (χ0v) is 13.4. The van der Waals surface area contributed by atoms with Gasteiger partial charge in [0.2, 0.25) is 5.91 Å². The number of nitrogens with zero attached hydrogens (tertiary/aromatic N) is 2. The summed E-state index contributed by atoms with van der Waals surface area (Å²) in [7, 11) is 0. The fourth-order valence-corrected chi connectivity index (χ4v) is 3.06. The molecule has 0 spiro atoms. The topological polar surface area (TPSA) is 44.1 Å². The zero-order valence-electron chi connectivity index (χ0n) is 12.6. The summed E-state index contributed by atoms with van der Waals surface area (Å²) >= 11 is 6.12. The summed E-state index contributed by atoms with van der Waals surface area (Å²) in [4.78, 5) is 14.6. The van der Waals surface area contributed by atoms with E-state index < -0.39 is 5.41 Å². The number of amides is 1. The van der Waals surface area contributed by atoms with E-state index in [1.807, 2.05) is 39.0 Å². The first-order valence-electron chi connectivity index (χ1n) is 7.01. The fourth-order valence-electron chi connectivity index (χ4n) is 2.84. The number of anilines is 2. The average molecular weight is 311 g/mol. The predicted octanol–water partition coefficient (Wildman–Crippen LogP) is 4.48. The summed E-state index contributed by atoms with van der Waals surface area (Å²) in [5, 5.41) is 9.34. The molecule has 1 heterocycles. The molecule has 1 aliphatic heterocycles. The van der Waals surface area contributed by atoms with Crippen molar-refractivity contribution in [2.24, 2.45) is 0 Å². The van der Waals surface area contributed by atoms with Crippen molar-refractivity contribution in [2.75, 3.05) is 4.90 Å². The van der Waals surface area contributed by atoms with Crippen LogP contribution < -0.4 is 4.90 Å². The van der Waals surface area contributed by atoms with Crippen molar-refractivity contribution in [3.63, 3.8) is 0 Å². The van der Waals surface area contributed by atoms with Crippen LogP contribution in [0.4, 0.5) is 11.4 Å². The van der Waals surface area contributed by atoms with Gasteiger partial charge in [0, 0.05) is 0 Å². The minimum atomic E-state index is -0.582. The van der Waals surface area contributed by atoms with E-state index in [1.54, 1.807) is 23.1 Å². The lowest BCUT2D eigenvalue weighted by Gasteiger charge is -2.20. The van der Waals surface area contributed by atoms with Crippen LogP contribution in [0, 0.1) is 18.3 Å². The number of benzene rings is 2. The minimum absolute atomic E-state index is 0.00822. The first-order valence-corrected chi connectivity index (χ1v) is 7.39. The molecule has 0 aliphatic carbocycles. The largest absolute Gasteiger partial charge is 0.280 e. The van der Waals surface area contributed by atoms with Crippen LogP contribution in [0.5, 0.6) is 0 Å². The van der Waals surface area contributed by atoms with E-state index in [0.29, 0.717) is 16.3 Å². The van der Waals surface area contributed by atoms with Crippen molar-refractivity contribution < 1.29 is 4.79 Å². The molecule has 2 aromatic rings. The molecule has 22 heavy (non-hydrogen) atoms. The third-order valence-electron chi connectivity index (χ3n) is 4.14. The number of nitriles is 1. The second-order valence-electron chi connectivity index (χ2n) is 6.06. The highest BCUT2D eigenvalue weighted by Crippen LogP contribution is 2.46. The van der Waals surface area contributed by atoms with Crippen molar-refractivity contribution in [3.05, 3.63) is 58.1 Å². The summed E-state index contributed by atoms with van der Waals surface area (Å²) < 4.78 is 0. The van der Waals surface area contributed by atoms with Gasteiger partial charge in [-0.25, -0.2) is 0 Å². The normalized spacial score (nSPS) is 15.6. The van der Waals surface area contributed by atoms with Gasteiger partial charge in [-0.05, 0) is 50.6 Å². The van der Waals surface area contributed by atoms with Crippen LogP contribution in [-0.4, -0.2) is 5.91 Å². The molecule has 3 nitrogen and oxygen atoms in total. The molecule has 0 unspecified atom stereocenters. The van der Waals surface area contributed by atoms with Gasteiger partial charge in [-0.3, -0.25) is 9.69 Å². The summed E-state index contributed by atoms with van der Waals surface area (Å²) in [5.41, 5.74) is 3.52. The molecule has 110 valence electrons. The Kier molecular flexibility index (Phi) is 3.23. The lowest BCUT2D eigenvalue weighted by molar-refractivity contribution is -0.121. The summed E-state index contributed by atoms with van der Waals surface area (Å²) in [6, 6.07) is 13.1. The molecule has 0 aromatic heterocycles. The van der Waals surface area contributed by atoms with Gasteiger partial charge in [-0.2, -0.15) is 5.26 Å². The molecule has 3 rings (SSSR count). The minimum Gasteiger partial charge on any atom is -0.280 e. The smallest absolute Gasteiger partial charge is 0.241 e. The van der Waals surface area contributed by atoms with E-state index in [4.69, 9.17) is 16.9 Å². The lowest BCUT2D eigenvalue weighted by atomic mass is 9.85. The van der Waals surface area contributed by atoms with Crippen molar-refractivity contribution in [3.8, 4) is 6.07 Å². The first-order chi connectivity index (χ1) is 10.4. The lowest BCUT2D eigenvalue weighted by Crippen LogP contribution is -2.33. The maximum atomic E-state index is 12.9. The summed E-state index contributed by atoms with van der Waals surface area (Å²) in [6.45, 7) is 5.87. The molecule has 1 amide bonds. The molecule has 0 bridgehead atoms. The van der Waals surface area contributed by atoms with Crippen LogP contribution in [0.3, 0.4) is 0 Å². The molecule has 0 saturated heterocycles. The van der Waals surface area contributed by atoms with Gasteiger partial charge < -0.3 is 0 Å². The summed E-state index contributed by atoms with van der Waals surface area (Å²) in [6.07, 6.45) is 0. The number of hydrogen-bond acceptors (Lipinski definition) is 2. The van der Waals surface area contributed by atoms with Gasteiger partial charge in [0.05, 0.1) is 27.4 Å². The van der Waals surface area contributed by atoms with Gasteiger partial charge in [0.15, 0.2) is 0 Å². The van der Waals surface area contributed by atoms with Gasteiger partial charge in [0.25, 0.3) is 0 Å². The van der Waals surface area contributed by atoms with Crippen LogP contribution in [-0.2, 0) is 10.2 Å². The Bertz CT molecular complexity index is 833. The highest BCUT2D eigenvalue weighted by molar-refractivity contribution is 6.32. The first kappa shape index (κ1) is 14.6. The number of halogens is 1. The van der Waals surface area contributed by atoms with E-state index in [0.717, 1.165) is 16.8 Å². The standard InChI is InChI=1S/C18H15ClN2O/c1-11-4-7-16-14(8-11)18(2,3)17(22)21(16)13-6-5-12(10-20)15(19)9-13/h4-9H,1-3H3. The molecule has 0 saturated carbocycles. The Hall–Kier alpha value is -2.31. The molecule has 2 aromatic carbocycles. The molecule has 0 atom stereocenters.